The summed E-state index contributed by atoms with van der Waals surface area (Å²) in [7, 11) is 0. The molecule has 0 bridgehead atoms. The Hall–Kier alpha value is -2.00. The summed E-state index contributed by atoms with van der Waals surface area (Å²) in [5.41, 5.74) is 1.43. The first-order valence-electron chi connectivity index (χ1n) is 8.88. The first-order chi connectivity index (χ1) is 12.1. The monoisotopic (exact) mass is 360 g/mol. The molecule has 1 N–H and O–H groups in total. The summed E-state index contributed by atoms with van der Waals surface area (Å²) in [4.78, 5) is 12.3. The van der Waals surface area contributed by atoms with Gasteiger partial charge in [-0.15, -0.1) is 0 Å². The predicted octanol–water partition coefficient (Wildman–Crippen LogP) is 6.23. The number of hydrogen-bond acceptors (Lipinski definition) is 3. The molecule has 4 heteroatoms. The molecule has 0 saturated heterocycles. The van der Waals surface area contributed by atoms with Gasteiger partial charge in [-0.2, -0.15) is 0 Å². The van der Waals surface area contributed by atoms with E-state index < -0.39 is 5.97 Å². The van der Waals surface area contributed by atoms with Crippen molar-refractivity contribution in [3.05, 3.63) is 53.1 Å². The van der Waals surface area contributed by atoms with E-state index in [1.165, 1.54) is 25.3 Å². The fraction of sp³-hybridized carbons (Fsp3) is 0.381. The summed E-state index contributed by atoms with van der Waals surface area (Å²) >= 11 is 6.13. The number of carbonyl (C=O) groups excluding carboxylic acids is 1. The van der Waals surface area contributed by atoms with Crippen molar-refractivity contribution in [3.8, 4) is 16.9 Å². The highest BCUT2D eigenvalue weighted by Gasteiger charge is 2.18. The number of esters is 1. The second-order valence-corrected chi connectivity index (χ2v) is 6.56. The first-order valence-corrected chi connectivity index (χ1v) is 9.26. The Morgan fingerprint density at radius 2 is 1.72 bits per heavy atom. The zero-order chi connectivity index (χ0) is 18.1. The Labute approximate surface area is 154 Å². The molecule has 134 valence electrons. The summed E-state index contributed by atoms with van der Waals surface area (Å²) in [5, 5.41) is 10.9. The van der Waals surface area contributed by atoms with Crippen molar-refractivity contribution in [1.29, 1.82) is 0 Å². The number of phenolic OH excluding ortho intramolecular Hbond substituents is 1. The second kappa shape index (κ2) is 10.1. The number of hydrogen-bond donors (Lipinski definition) is 1. The van der Waals surface area contributed by atoms with Crippen LogP contribution in [-0.4, -0.2) is 17.7 Å². The molecule has 0 radical (unpaired) electrons. The van der Waals surface area contributed by atoms with E-state index in [4.69, 9.17) is 16.3 Å². The number of benzene rings is 2. The molecule has 0 aliphatic heterocycles. The van der Waals surface area contributed by atoms with Crippen molar-refractivity contribution in [2.45, 2.75) is 45.4 Å². The topological polar surface area (TPSA) is 46.5 Å². The van der Waals surface area contributed by atoms with Crippen molar-refractivity contribution >= 4 is 17.6 Å². The van der Waals surface area contributed by atoms with Gasteiger partial charge in [0.1, 0.15) is 11.3 Å². The van der Waals surface area contributed by atoms with Crippen molar-refractivity contribution in [1.82, 2.24) is 0 Å². The Bertz CT molecular complexity index is 683. The minimum absolute atomic E-state index is 0.0939. The van der Waals surface area contributed by atoms with Gasteiger partial charge in [0.15, 0.2) is 0 Å². The number of carbonyl (C=O) groups is 1. The number of aromatic hydroxyl groups is 1. The minimum atomic E-state index is -0.536. The predicted molar refractivity (Wildman–Crippen MR) is 102 cm³/mol. The van der Waals surface area contributed by atoms with E-state index in [0.29, 0.717) is 17.2 Å². The molecule has 0 aromatic heterocycles. The number of rotatable bonds is 9. The second-order valence-electron chi connectivity index (χ2n) is 6.12. The number of phenols is 1. The molecule has 2 aromatic carbocycles. The molecule has 0 aliphatic rings. The molecule has 0 heterocycles. The standard InChI is InChI=1S/C21H25ClO3/c1-2-3-4-5-6-10-13-25-21(24)19-15-17(22)14-18(20(19)23)16-11-8-7-9-12-16/h7-9,11-12,14-15,23H,2-6,10,13H2,1H3. The summed E-state index contributed by atoms with van der Waals surface area (Å²) in [6, 6.07) is 12.4. The van der Waals surface area contributed by atoms with E-state index in [2.05, 4.69) is 6.92 Å². The highest BCUT2D eigenvalue weighted by molar-refractivity contribution is 6.31. The maximum Gasteiger partial charge on any atom is 0.341 e. The van der Waals surface area contributed by atoms with Gasteiger partial charge in [0.05, 0.1) is 6.61 Å². The molecular formula is C21H25ClO3. The van der Waals surface area contributed by atoms with E-state index in [9.17, 15) is 9.90 Å². The third-order valence-electron chi connectivity index (χ3n) is 4.11. The average molecular weight is 361 g/mol. The molecule has 2 rings (SSSR count). The molecule has 0 fully saturated rings. The lowest BCUT2D eigenvalue weighted by molar-refractivity contribution is 0.0494. The van der Waals surface area contributed by atoms with E-state index in [-0.39, 0.29) is 11.3 Å². The molecule has 0 unspecified atom stereocenters. The molecule has 0 atom stereocenters. The molecular weight excluding hydrogens is 336 g/mol. The van der Waals surface area contributed by atoms with Crippen LogP contribution in [0.25, 0.3) is 11.1 Å². The summed E-state index contributed by atoms with van der Waals surface area (Å²) in [6.07, 6.45) is 6.73. The summed E-state index contributed by atoms with van der Waals surface area (Å²) < 4.78 is 5.30. The van der Waals surface area contributed by atoms with Crippen molar-refractivity contribution in [2.75, 3.05) is 6.61 Å². The van der Waals surface area contributed by atoms with Gasteiger partial charge in [-0.05, 0) is 24.1 Å². The maximum atomic E-state index is 12.3. The molecule has 0 amide bonds. The first kappa shape index (κ1) is 19.3. The van der Waals surface area contributed by atoms with E-state index >= 15 is 0 Å². The van der Waals surface area contributed by atoms with Gasteiger partial charge in [0.25, 0.3) is 0 Å². The summed E-state index contributed by atoms with van der Waals surface area (Å²) in [6.45, 7) is 2.54. The van der Waals surface area contributed by atoms with Crippen LogP contribution in [-0.2, 0) is 4.74 Å². The Balaban J connectivity index is 1.99. The summed E-state index contributed by atoms with van der Waals surface area (Å²) in [5.74, 6) is -0.630. The number of halogens is 1. The quantitative estimate of drug-likeness (QED) is 0.426. The Morgan fingerprint density at radius 3 is 2.44 bits per heavy atom. The number of ether oxygens (including phenoxy) is 1. The average Bonchev–Trinajstić information content (AvgIpc) is 2.63. The van der Waals surface area contributed by atoms with Gasteiger partial charge in [-0.1, -0.05) is 81.0 Å². The highest BCUT2D eigenvalue weighted by atomic mass is 35.5. The normalized spacial score (nSPS) is 10.6. The molecule has 0 aliphatic carbocycles. The van der Waals surface area contributed by atoms with Crippen LogP contribution in [0.3, 0.4) is 0 Å². The lowest BCUT2D eigenvalue weighted by Gasteiger charge is -2.11. The zero-order valence-corrected chi connectivity index (χ0v) is 15.4. The zero-order valence-electron chi connectivity index (χ0n) is 14.6. The van der Waals surface area contributed by atoms with Crippen LogP contribution in [0, 0.1) is 0 Å². The van der Waals surface area contributed by atoms with Crippen LogP contribution in [0.4, 0.5) is 0 Å². The van der Waals surface area contributed by atoms with Crippen molar-refractivity contribution < 1.29 is 14.6 Å². The molecule has 25 heavy (non-hydrogen) atoms. The maximum absolute atomic E-state index is 12.3. The molecule has 3 nitrogen and oxygen atoms in total. The molecule has 0 saturated carbocycles. The van der Waals surface area contributed by atoms with Gasteiger partial charge in [0, 0.05) is 10.6 Å². The van der Waals surface area contributed by atoms with E-state index in [1.54, 1.807) is 6.07 Å². The van der Waals surface area contributed by atoms with Crippen LogP contribution < -0.4 is 0 Å². The van der Waals surface area contributed by atoms with Gasteiger partial charge in [-0.25, -0.2) is 4.79 Å². The van der Waals surface area contributed by atoms with Crippen molar-refractivity contribution in [3.63, 3.8) is 0 Å². The van der Waals surface area contributed by atoms with Crippen LogP contribution >= 0.6 is 11.6 Å². The van der Waals surface area contributed by atoms with Crippen molar-refractivity contribution in [2.24, 2.45) is 0 Å². The van der Waals surface area contributed by atoms with E-state index in [0.717, 1.165) is 24.8 Å². The number of unbranched alkanes of at least 4 members (excludes halogenated alkanes) is 5. The van der Waals surface area contributed by atoms with E-state index in [1.807, 2.05) is 30.3 Å². The largest absolute Gasteiger partial charge is 0.506 e. The highest BCUT2D eigenvalue weighted by Crippen LogP contribution is 2.35. The third-order valence-corrected chi connectivity index (χ3v) is 4.33. The van der Waals surface area contributed by atoms with Crippen LogP contribution in [0.1, 0.15) is 55.8 Å². The minimum Gasteiger partial charge on any atom is -0.506 e. The Morgan fingerprint density at radius 1 is 1.04 bits per heavy atom. The van der Waals surface area contributed by atoms with Crippen LogP contribution in [0.5, 0.6) is 5.75 Å². The Kier molecular flexibility index (Phi) is 7.80. The lowest BCUT2D eigenvalue weighted by Crippen LogP contribution is -2.07. The van der Waals surface area contributed by atoms with Crippen LogP contribution in [0.15, 0.2) is 42.5 Å². The van der Waals surface area contributed by atoms with Crippen LogP contribution in [0.2, 0.25) is 5.02 Å². The van der Waals surface area contributed by atoms with Gasteiger partial charge < -0.3 is 9.84 Å². The fourth-order valence-electron chi connectivity index (χ4n) is 2.72. The van der Waals surface area contributed by atoms with Gasteiger partial charge in [-0.3, -0.25) is 0 Å². The van der Waals surface area contributed by atoms with Gasteiger partial charge >= 0.3 is 5.97 Å². The molecule has 2 aromatic rings. The third kappa shape index (κ3) is 5.79. The smallest absolute Gasteiger partial charge is 0.341 e. The lowest BCUT2D eigenvalue weighted by atomic mass is 10.0. The SMILES string of the molecule is CCCCCCCCOC(=O)c1cc(Cl)cc(-c2ccccc2)c1O. The molecule has 0 spiro atoms. The fourth-order valence-corrected chi connectivity index (χ4v) is 2.94. The van der Waals surface area contributed by atoms with Gasteiger partial charge in [0.2, 0.25) is 0 Å².